The van der Waals surface area contributed by atoms with E-state index in [4.69, 9.17) is 9.15 Å². The van der Waals surface area contributed by atoms with Crippen LogP contribution in [-0.2, 0) is 4.74 Å². The molecule has 1 saturated heterocycles. The van der Waals surface area contributed by atoms with E-state index in [-0.39, 0.29) is 23.8 Å². The number of ether oxygens (including phenoxy) is 1. The van der Waals surface area contributed by atoms with Crippen molar-refractivity contribution in [2.24, 2.45) is 0 Å². The summed E-state index contributed by atoms with van der Waals surface area (Å²) in [5, 5.41) is 8.31. The lowest BCUT2D eigenvalue weighted by Crippen LogP contribution is -2.51. The van der Waals surface area contributed by atoms with Gasteiger partial charge in [0.1, 0.15) is 5.60 Å². The Morgan fingerprint density at radius 1 is 0.970 bits per heavy atom. The first kappa shape index (κ1) is 24.1. The number of benzene rings is 1. The molecular formula is C23H31N5O5. The van der Waals surface area contributed by atoms with Gasteiger partial charge in [-0.3, -0.25) is 9.69 Å². The highest BCUT2D eigenvalue weighted by molar-refractivity contribution is 6.02. The summed E-state index contributed by atoms with van der Waals surface area (Å²) >= 11 is 0. The van der Waals surface area contributed by atoms with Crippen LogP contribution < -0.4 is 16.0 Å². The van der Waals surface area contributed by atoms with Crippen LogP contribution in [0.25, 0.3) is 0 Å². The molecule has 0 atom stereocenters. The molecule has 33 heavy (non-hydrogen) atoms. The molecule has 10 nitrogen and oxygen atoms in total. The monoisotopic (exact) mass is 457 g/mol. The van der Waals surface area contributed by atoms with Crippen LogP contribution in [-0.4, -0.2) is 72.7 Å². The Labute approximate surface area is 193 Å². The van der Waals surface area contributed by atoms with E-state index in [1.165, 1.54) is 6.26 Å². The summed E-state index contributed by atoms with van der Waals surface area (Å²) in [5.74, 6) is -0.117. The van der Waals surface area contributed by atoms with Crippen LogP contribution in [0, 0.1) is 0 Å². The normalized spacial score (nSPS) is 14.5. The molecule has 0 spiro atoms. The Kier molecular flexibility index (Phi) is 7.94. The Morgan fingerprint density at radius 2 is 1.61 bits per heavy atom. The third-order valence-corrected chi connectivity index (χ3v) is 4.88. The lowest BCUT2D eigenvalue weighted by atomic mass is 10.2. The summed E-state index contributed by atoms with van der Waals surface area (Å²) < 4.78 is 10.5. The molecule has 2 aromatic rings. The molecule has 1 aliphatic rings. The van der Waals surface area contributed by atoms with Crippen molar-refractivity contribution in [3.63, 3.8) is 0 Å². The number of furan rings is 1. The molecular weight excluding hydrogens is 426 g/mol. The predicted molar refractivity (Wildman–Crippen MR) is 124 cm³/mol. The second kappa shape index (κ2) is 10.9. The molecule has 10 heteroatoms. The molecule has 1 aliphatic heterocycles. The third kappa shape index (κ3) is 7.83. The van der Waals surface area contributed by atoms with Gasteiger partial charge >= 0.3 is 12.1 Å². The number of nitrogens with one attached hydrogen (secondary N) is 3. The van der Waals surface area contributed by atoms with Gasteiger partial charge in [-0.25, -0.2) is 9.59 Å². The topological polar surface area (TPSA) is 116 Å². The van der Waals surface area contributed by atoms with Gasteiger partial charge in [-0.2, -0.15) is 0 Å². The van der Waals surface area contributed by atoms with E-state index < -0.39 is 5.60 Å². The fourth-order valence-electron chi connectivity index (χ4n) is 3.22. The average molecular weight is 458 g/mol. The SMILES string of the molecule is CC(C)(C)OC(=O)N1CCN(CCNC(=O)Nc2ccc(NC(=O)c3ccco3)cc2)CC1. The van der Waals surface area contributed by atoms with Crippen molar-refractivity contribution in [1.82, 2.24) is 15.1 Å². The smallest absolute Gasteiger partial charge is 0.410 e. The molecule has 178 valence electrons. The van der Waals surface area contributed by atoms with E-state index >= 15 is 0 Å². The zero-order valence-corrected chi connectivity index (χ0v) is 19.2. The summed E-state index contributed by atoms with van der Waals surface area (Å²) in [5.41, 5.74) is 0.696. The minimum Gasteiger partial charge on any atom is -0.459 e. The number of carbonyl (C=O) groups excluding carboxylic acids is 3. The highest BCUT2D eigenvalue weighted by atomic mass is 16.6. The van der Waals surface area contributed by atoms with Gasteiger partial charge in [0, 0.05) is 50.6 Å². The second-order valence-corrected chi connectivity index (χ2v) is 8.70. The average Bonchev–Trinajstić information content (AvgIpc) is 3.29. The Morgan fingerprint density at radius 3 is 2.18 bits per heavy atom. The van der Waals surface area contributed by atoms with Crippen molar-refractivity contribution in [3.05, 3.63) is 48.4 Å². The van der Waals surface area contributed by atoms with Gasteiger partial charge in [0.25, 0.3) is 5.91 Å². The van der Waals surface area contributed by atoms with Crippen LogP contribution in [0.2, 0.25) is 0 Å². The van der Waals surface area contributed by atoms with Crippen molar-refractivity contribution in [2.75, 3.05) is 49.9 Å². The van der Waals surface area contributed by atoms with Gasteiger partial charge in [-0.05, 0) is 57.2 Å². The van der Waals surface area contributed by atoms with Crippen LogP contribution in [0.5, 0.6) is 0 Å². The summed E-state index contributed by atoms with van der Waals surface area (Å²) in [6.07, 6.45) is 1.15. The van der Waals surface area contributed by atoms with Crippen molar-refractivity contribution in [2.45, 2.75) is 26.4 Å². The third-order valence-electron chi connectivity index (χ3n) is 4.88. The van der Waals surface area contributed by atoms with Crippen molar-refractivity contribution in [3.8, 4) is 0 Å². The molecule has 1 fully saturated rings. The molecule has 0 saturated carbocycles. The first-order chi connectivity index (χ1) is 15.7. The number of anilines is 2. The molecule has 1 aromatic carbocycles. The minimum atomic E-state index is -0.500. The number of rotatable bonds is 6. The number of hydrogen-bond donors (Lipinski definition) is 3. The summed E-state index contributed by atoms with van der Waals surface area (Å²) in [6, 6.07) is 9.71. The second-order valence-electron chi connectivity index (χ2n) is 8.70. The maximum atomic E-state index is 12.2. The Bertz CT molecular complexity index is 929. The lowest BCUT2D eigenvalue weighted by molar-refractivity contribution is 0.0147. The van der Waals surface area contributed by atoms with Crippen molar-refractivity contribution < 1.29 is 23.5 Å². The minimum absolute atomic E-state index is 0.225. The van der Waals surface area contributed by atoms with E-state index in [9.17, 15) is 14.4 Å². The molecule has 0 radical (unpaired) electrons. The van der Waals surface area contributed by atoms with Crippen molar-refractivity contribution in [1.29, 1.82) is 0 Å². The number of nitrogens with zero attached hydrogens (tertiary/aromatic N) is 2. The van der Waals surface area contributed by atoms with Crippen LogP contribution in [0.3, 0.4) is 0 Å². The Balaban J connectivity index is 1.33. The van der Waals surface area contributed by atoms with Gasteiger partial charge in [-0.15, -0.1) is 0 Å². The van der Waals surface area contributed by atoms with Crippen LogP contribution in [0.4, 0.5) is 21.0 Å². The maximum Gasteiger partial charge on any atom is 0.410 e. The molecule has 0 bridgehead atoms. The van der Waals surface area contributed by atoms with Gasteiger partial charge in [0.05, 0.1) is 6.26 Å². The molecule has 2 heterocycles. The van der Waals surface area contributed by atoms with Crippen LogP contribution in [0.15, 0.2) is 47.1 Å². The number of amides is 4. The standard InChI is InChI=1S/C23H31N5O5/c1-23(2,3)33-22(31)28-14-12-27(13-15-28)11-10-24-21(30)26-18-8-6-17(7-9-18)25-20(29)19-5-4-16-32-19/h4-9,16H,10-15H2,1-3H3,(H,25,29)(H2,24,26,30). The highest BCUT2D eigenvalue weighted by Crippen LogP contribution is 2.15. The summed E-state index contributed by atoms with van der Waals surface area (Å²) in [4.78, 5) is 40.2. The van der Waals surface area contributed by atoms with Crippen LogP contribution in [0.1, 0.15) is 31.3 Å². The number of hydrogen-bond acceptors (Lipinski definition) is 6. The van der Waals surface area contributed by atoms with Gasteiger partial charge in [-0.1, -0.05) is 0 Å². The molecule has 0 unspecified atom stereocenters. The van der Waals surface area contributed by atoms with E-state index in [0.717, 1.165) is 13.1 Å². The van der Waals surface area contributed by atoms with Gasteiger partial charge < -0.3 is 30.0 Å². The Hall–Kier alpha value is -3.53. The van der Waals surface area contributed by atoms with E-state index in [1.54, 1.807) is 41.3 Å². The molecule has 3 rings (SSSR count). The molecule has 3 N–H and O–H groups in total. The summed E-state index contributed by atoms with van der Waals surface area (Å²) in [7, 11) is 0. The number of piperazine rings is 1. The zero-order valence-electron chi connectivity index (χ0n) is 19.2. The summed E-state index contributed by atoms with van der Waals surface area (Å²) in [6.45, 7) is 9.39. The quantitative estimate of drug-likeness (QED) is 0.613. The number of carbonyl (C=O) groups is 3. The highest BCUT2D eigenvalue weighted by Gasteiger charge is 2.25. The van der Waals surface area contributed by atoms with E-state index in [0.29, 0.717) is 37.6 Å². The molecule has 1 aromatic heterocycles. The first-order valence-electron chi connectivity index (χ1n) is 10.9. The fourth-order valence-corrected chi connectivity index (χ4v) is 3.22. The molecule has 4 amide bonds. The number of urea groups is 1. The van der Waals surface area contributed by atoms with Crippen LogP contribution >= 0.6 is 0 Å². The van der Waals surface area contributed by atoms with Gasteiger partial charge in [0.15, 0.2) is 5.76 Å². The van der Waals surface area contributed by atoms with E-state index in [1.807, 2.05) is 20.8 Å². The lowest BCUT2D eigenvalue weighted by Gasteiger charge is -2.35. The largest absolute Gasteiger partial charge is 0.459 e. The maximum absolute atomic E-state index is 12.2. The van der Waals surface area contributed by atoms with Crippen molar-refractivity contribution >= 4 is 29.4 Å². The molecule has 0 aliphatic carbocycles. The van der Waals surface area contributed by atoms with Gasteiger partial charge in [0.2, 0.25) is 0 Å². The first-order valence-corrected chi connectivity index (χ1v) is 10.9. The predicted octanol–water partition coefficient (Wildman–Crippen LogP) is 3.21. The van der Waals surface area contributed by atoms with E-state index in [2.05, 4.69) is 20.9 Å². The zero-order chi connectivity index (χ0) is 23.8. The fraction of sp³-hybridized carbons (Fsp3) is 0.435.